The maximum atomic E-state index is 11.7. The van der Waals surface area contributed by atoms with Crippen molar-refractivity contribution in [1.29, 1.82) is 0 Å². The normalized spacial score (nSPS) is 10.1. The van der Waals surface area contributed by atoms with Gasteiger partial charge in [0.05, 0.1) is 18.8 Å². The van der Waals surface area contributed by atoms with E-state index >= 15 is 0 Å². The second-order valence-corrected chi connectivity index (χ2v) is 5.07. The molecule has 0 aromatic heterocycles. The number of carbonyl (C=O) groups excluding carboxylic acids is 4. The van der Waals surface area contributed by atoms with Gasteiger partial charge in [-0.05, 0) is 37.6 Å². The minimum absolute atomic E-state index is 0.194. The molecule has 2 amide bonds. The number of benzene rings is 1. The molecule has 2 N–H and O–H groups in total. The first-order valence-corrected chi connectivity index (χ1v) is 8.29. The first-order chi connectivity index (χ1) is 13.0. The number of amides is 2. The van der Waals surface area contributed by atoms with Crippen LogP contribution >= 0.6 is 0 Å². The number of hydrogen-bond acceptors (Lipinski definition) is 7. The topological polar surface area (TPSA) is 120 Å². The van der Waals surface area contributed by atoms with Gasteiger partial charge in [-0.1, -0.05) is 6.92 Å². The third kappa shape index (κ3) is 9.05. The summed E-state index contributed by atoms with van der Waals surface area (Å²) in [7, 11) is 0. The number of rotatable bonds is 9. The van der Waals surface area contributed by atoms with Crippen LogP contribution in [-0.4, -0.2) is 43.6 Å². The van der Waals surface area contributed by atoms with E-state index in [2.05, 4.69) is 15.6 Å². The van der Waals surface area contributed by atoms with E-state index in [-0.39, 0.29) is 13.2 Å². The van der Waals surface area contributed by atoms with Crippen LogP contribution in [0.25, 0.3) is 0 Å². The van der Waals surface area contributed by atoms with Crippen molar-refractivity contribution in [1.82, 2.24) is 10.9 Å². The third-order valence-corrected chi connectivity index (χ3v) is 2.88. The van der Waals surface area contributed by atoms with Crippen molar-refractivity contribution < 1.29 is 33.4 Å². The Hall–Kier alpha value is -3.36. The van der Waals surface area contributed by atoms with Gasteiger partial charge in [0.25, 0.3) is 11.8 Å². The Bertz CT molecular complexity index is 683. The van der Waals surface area contributed by atoms with Gasteiger partial charge in [-0.15, -0.1) is 0 Å². The Labute approximate surface area is 156 Å². The Kier molecular flexibility index (Phi) is 9.69. The quantitative estimate of drug-likeness (QED) is 0.372. The Morgan fingerprint density at radius 2 is 1.67 bits per heavy atom. The lowest BCUT2D eigenvalue weighted by Gasteiger charge is -2.08. The van der Waals surface area contributed by atoms with Gasteiger partial charge in [0.15, 0.2) is 6.61 Å². The van der Waals surface area contributed by atoms with Gasteiger partial charge in [0.2, 0.25) is 0 Å². The zero-order valence-corrected chi connectivity index (χ0v) is 15.2. The summed E-state index contributed by atoms with van der Waals surface area (Å²) in [5.74, 6) is -2.04. The lowest BCUT2D eigenvalue weighted by atomic mass is 10.2. The Morgan fingerprint density at radius 3 is 2.30 bits per heavy atom. The fourth-order valence-electron chi connectivity index (χ4n) is 1.66. The molecule has 27 heavy (non-hydrogen) atoms. The molecule has 146 valence electrons. The standard InChI is InChI=1S/C18H22N2O7/c1-3-11-26-18(24)13-5-7-14(8-6-13)27-12-16(22)20-19-15(21)9-10-17(23)25-4-2/h5-10H,3-4,11-12H2,1-2H3,(H,19,21)(H,20,22). The summed E-state index contributed by atoms with van der Waals surface area (Å²) in [5, 5.41) is 0. The molecule has 0 saturated heterocycles. The number of hydrogen-bond donors (Lipinski definition) is 2. The second-order valence-electron chi connectivity index (χ2n) is 5.07. The number of hydrazine groups is 1. The average Bonchev–Trinajstić information content (AvgIpc) is 2.67. The van der Waals surface area contributed by atoms with Crippen LogP contribution in [0.2, 0.25) is 0 Å². The molecule has 0 fully saturated rings. The molecule has 9 nitrogen and oxygen atoms in total. The van der Waals surface area contributed by atoms with E-state index in [1.165, 1.54) is 24.3 Å². The summed E-state index contributed by atoms with van der Waals surface area (Å²) in [6, 6.07) is 6.09. The SMILES string of the molecule is CCCOC(=O)c1ccc(OCC(=O)NNC(=O)C=CC(=O)OCC)cc1. The van der Waals surface area contributed by atoms with E-state index in [1.807, 2.05) is 6.92 Å². The van der Waals surface area contributed by atoms with Crippen LogP contribution in [0.4, 0.5) is 0 Å². The van der Waals surface area contributed by atoms with Crippen molar-refractivity contribution in [3.8, 4) is 5.75 Å². The minimum atomic E-state index is -0.702. The molecule has 0 spiro atoms. The predicted octanol–water partition coefficient (Wildman–Crippen LogP) is 0.899. The summed E-state index contributed by atoms with van der Waals surface area (Å²) in [6.07, 6.45) is 2.60. The number of carbonyl (C=O) groups is 4. The monoisotopic (exact) mass is 378 g/mol. The van der Waals surface area contributed by atoms with Crippen molar-refractivity contribution in [2.75, 3.05) is 19.8 Å². The molecular weight excluding hydrogens is 356 g/mol. The van der Waals surface area contributed by atoms with Crippen LogP contribution in [0.5, 0.6) is 5.75 Å². The first kappa shape index (κ1) is 21.7. The highest BCUT2D eigenvalue weighted by Gasteiger charge is 2.08. The highest BCUT2D eigenvalue weighted by atomic mass is 16.5. The van der Waals surface area contributed by atoms with Gasteiger partial charge in [-0.3, -0.25) is 20.4 Å². The second kappa shape index (κ2) is 12.1. The van der Waals surface area contributed by atoms with Crippen LogP contribution in [0.3, 0.4) is 0 Å². The van der Waals surface area contributed by atoms with E-state index in [9.17, 15) is 19.2 Å². The molecule has 1 aromatic carbocycles. The zero-order chi connectivity index (χ0) is 20.1. The molecule has 0 heterocycles. The molecule has 0 aliphatic rings. The molecule has 0 unspecified atom stereocenters. The van der Waals surface area contributed by atoms with Gasteiger partial charge < -0.3 is 14.2 Å². The molecular formula is C18H22N2O7. The van der Waals surface area contributed by atoms with Gasteiger partial charge in [-0.2, -0.15) is 0 Å². The lowest BCUT2D eigenvalue weighted by molar-refractivity contribution is -0.137. The fraction of sp³-hybridized carbons (Fsp3) is 0.333. The summed E-state index contributed by atoms with van der Waals surface area (Å²) < 4.78 is 14.8. The molecule has 0 bridgehead atoms. The fourth-order valence-corrected chi connectivity index (χ4v) is 1.66. The highest BCUT2D eigenvalue weighted by Crippen LogP contribution is 2.13. The van der Waals surface area contributed by atoms with Crippen LogP contribution in [0.15, 0.2) is 36.4 Å². The molecule has 1 rings (SSSR count). The van der Waals surface area contributed by atoms with Crippen molar-refractivity contribution in [2.24, 2.45) is 0 Å². The van der Waals surface area contributed by atoms with E-state index < -0.39 is 23.8 Å². The predicted molar refractivity (Wildman–Crippen MR) is 94.6 cm³/mol. The Balaban J connectivity index is 2.34. The molecule has 0 radical (unpaired) electrons. The molecule has 0 aliphatic carbocycles. The van der Waals surface area contributed by atoms with Gasteiger partial charge in [0, 0.05) is 12.2 Å². The number of nitrogens with one attached hydrogen (secondary N) is 2. The highest BCUT2D eigenvalue weighted by molar-refractivity contribution is 5.95. The van der Waals surface area contributed by atoms with Crippen LogP contribution in [-0.2, 0) is 23.9 Å². The van der Waals surface area contributed by atoms with Crippen molar-refractivity contribution in [3.05, 3.63) is 42.0 Å². The molecule has 0 saturated carbocycles. The van der Waals surface area contributed by atoms with E-state index in [0.717, 1.165) is 18.6 Å². The molecule has 0 atom stereocenters. The first-order valence-electron chi connectivity index (χ1n) is 8.29. The summed E-state index contributed by atoms with van der Waals surface area (Å²) in [6.45, 7) is 3.71. The van der Waals surface area contributed by atoms with Crippen molar-refractivity contribution in [2.45, 2.75) is 20.3 Å². The van der Waals surface area contributed by atoms with Crippen LogP contribution in [0, 0.1) is 0 Å². The smallest absolute Gasteiger partial charge is 0.338 e. The van der Waals surface area contributed by atoms with E-state index in [1.54, 1.807) is 6.92 Å². The Morgan fingerprint density at radius 1 is 0.963 bits per heavy atom. The summed E-state index contributed by atoms with van der Waals surface area (Å²) in [5.41, 5.74) is 4.58. The molecule has 0 aliphatic heterocycles. The largest absolute Gasteiger partial charge is 0.484 e. The summed E-state index contributed by atoms with van der Waals surface area (Å²) >= 11 is 0. The number of ether oxygens (including phenoxy) is 3. The maximum absolute atomic E-state index is 11.7. The zero-order valence-electron chi connectivity index (χ0n) is 15.2. The van der Waals surface area contributed by atoms with Crippen LogP contribution < -0.4 is 15.6 Å². The molecule has 9 heteroatoms. The third-order valence-electron chi connectivity index (χ3n) is 2.88. The maximum Gasteiger partial charge on any atom is 0.338 e. The van der Waals surface area contributed by atoms with E-state index in [4.69, 9.17) is 9.47 Å². The lowest BCUT2D eigenvalue weighted by Crippen LogP contribution is -2.43. The minimum Gasteiger partial charge on any atom is -0.484 e. The summed E-state index contributed by atoms with van der Waals surface area (Å²) in [4.78, 5) is 45.7. The average molecular weight is 378 g/mol. The van der Waals surface area contributed by atoms with Crippen molar-refractivity contribution in [3.63, 3.8) is 0 Å². The number of esters is 2. The van der Waals surface area contributed by atoms with Gasteiger partial charge in [-0.25, -0.2) is 9.59 Å². The van der Waals surface area contributed by atoms with Gasteiger partial charge in [0.1, 0.15) is 5.75 Å². The van der Waals surface area contributed by atoms with Crippen molar-refractivity contribution >= 4 is 23.8 Å². The molecule has 1 aromatic rings. The van der Waals surface area contributed by atoms with Crippen LogP contribution in [0.1, 0.15) is 30.6 Å². The van der Waals surface area contributed by atoms with E-state index in [0.29, 0.717) is 17.9 Å². The van der Waals surface area contributed by atoms with Gasteiger partial charge >= 0.3 is 11.9 Å².